The van der Waals surface area contributed by atoms with Crippen molar-refractivity contribution in [2.45, 2.75) is 38.3 Å². The molecule has 0 aliphatic carbocycles. The van der Waals surface area contributed by atoms with Crippen LogP contribution in [0, 0.1) is 0 Å². The van der Waals surface area contributed by atoms with Crippen LogP contribution in [0.1, 0.15) is 37.8 Å². The van der Waals surface area contributed by atoms with E-state index < -0.39 is 5.97 Å². The molecule has 0 radical (unpaired) electrons. The average molecular weight is 302 g/mol. The highest BCUT2D eigenvalue weighted by atomic mass is 35.5. The Hall–Kier alpha value is -0.770. The Balaban J connectivity index is 2.20. The molecule has 1 saturated heterocycles. The number of likely N-dealkylation sites (tertiary alicyclic amines) is 1. The van der Waals surface area contributed by atoms with Gasteiger partial charge in [-0.15, -0.1) is 0 Å². The van der Waals surface area contributed by atoms with Gasteiger partial charge in [-0.3, -0.25) is 9.69 Å². The maximum atomic E-state index is 10.9. The van der Waals surface area contributed by atoms with Gasteiger partial charge in [-0.1, -0.05) is 23.2 Å². The largest absolute Gasteiger partial charge is 0.481 e. The van der Waals surface area contributed by atoms with Gasteiger partial charge in [0.25, 0.3) is 0 Å². The van der Waals surface area contributed by atoms with E-state index in [1.165, 1.54) is 0 Å². The highest BCUT2D eigenvalue weighted by molar-refractivity contribution is 6.33. The van der Waals surface area contributed by atoms with Crippen molar-refractivity contribution in [1.82, 2.24) is 4.90 Å². The van der Waals surface area contributed by atoms with Crippen LogP contribution in [0.3, 0.4) is 0 Å². The SMILES string of the molecule is CC(c1cc(Cl)ccc1Cl)N1CCCC1CC(=O)O. The van der Waals surface area contributed by atoms with Crippen molar-refractivity contribution >= 4 is 29.2 Å². The van der Waals surface area contributed by atoms with Gasteiger partial charge in [-0.2, -0.15) is 0 Å². The molecule has 1 heterocycles. The predicted octanol–water partition coefficient (Wildman–Crippen LogP) is 3.99. The monoisotopic (exact) mass is 301 g/mol. The lowest BCUT2D eigenvalue weighted by molar-refractivity contribution is -0.138. The minimum absolute atomic E-state index is 0.0815. The predicted molar refractivity (Wildman–Crippen MR) is 76.9 cm³/mol. The van der Waals surface area contributed by atoms with Crippen LogP contribution >= 0.6 is 23.2 Å². The summed E-state index contributed by atoms with van der Waals surface area (Å²) in [6.45, 7) is 2.96. The summed E-state index contributed by atoms with van der Waals surface area (Å²) in [5.74, 6) is -0.749. The first-order valence-corrected chi connectivity index (χ1v) is 7.17. The Morgan fingerprint density at radius 3 is 2.95 bits per heavy atom. The molecule has 1 aromatic carbocycles. The fraction of sp³-hybridized carbons (Fsp3) is 0.500. The molecule has 2 rings (SSSR count). The molecule has 1 aliphatic heterocycles. The second-order valence-corrected chi connectivity index (χ2v) is 5.82. The zero-order valence-electron chi connectivity index (χ0n) is 10.8. The molecule has 1 N–H and O–H groups in total. The van der Waals surface area contributed by atoms with Crippen molar-refractivity contribution in [1.29, 1.82) is 0 Å². The van der Waals surface area contributed by atoms with Crippen LogP contribution < -0.4 is 0 Å². The second-order valence-electron chi connectivity index (χ2n) is 4.97. The van der Waals surface area contributed by atoms with Gasteiger partial charge in [0.2, 0.25) is 0 Å². The van der Waals surface area contributed by atoms with Gasteiger partial charge in [0, 0.05) is 22.1 Å². The third-order valence-electron chi connectivity index (χ3n) is 3.74. The van der Waals surface area contributed by atoms with Gasteiger partial charge in [0.15, 0.2) is 0 Å². The fourth-order valence-electron chi connectivity index (χ4n) is 2.80. The molecule has 0 amide bonds. The van der Waals surface area contributed by atoms with Crippen LogP contribution in [0.15, 0.2) is 18.2 Å². The summed E-state index contributed by atoms with van der Waals surface area (Å²) in [5, 5.41) is 10.3. The molecular formula is C14H17Cl2NO2. The van der Waals surface area contributed by atoms with Gasteiger partial charge in [0.05, 0.1) is 6.42 Å². The fourth-order valence-corrected chi connectivity index (χ4v) is 3.26. The van der Waals surface area contributed by atoms with Crippen molar-refractivity contribution in [2.75, 3.05) is 6.54 Å². The molecule has 1 aliphatic rings. The van der Waals surface area contributed by atoms with Crippen LogP contribution in [0.2, 0.25) is 10.0 Å². The van der Waals surface area contributed by atoms with Crippen molar-refractivity contribution < 1.29 is 9.90 Å². The Kier molecular flexibility index (Phi) is 4.71. The van der Waals surface area contributed by atoms with E-state index in [2.05, 4.69) is 11.8 Å². The second kappa shape index (κ2) is 6.12. The maximum absolute atomic E-state index is 10.9. The van der Waals surface area contributed by atoms with Gasteiger partial charge in [-0.25, -0.2) is 0 Å². The molecule has 3 nitrogen and oxygen atoms in total. The molecule has 1 aromatic rings. The zero-order valence-corrected chi connectivity index (χ0v) is 12.3. The molecule has 2 atom stereocenters. The number of aliphatic carboxylic acids is 1. The highest BCUT2D eigenvalue weighted by Crippen LogP contribution is 2.35. The number of hydrogen-bond donors (Lipinski definition) is 1. The standard InChI is InChI=1S/C14H17Cl2NO2/c1-9(12-7-10(15)4-5-13(12)16)17-6-2-3-11(17)8-14(18)19/h4-5,7,9,11H,2-3,6,8H2,1H3,(H,18,19). The topological polar surface area (TPSA) is 40.5 Å². The number of benzene rings is 1. The van der Waals surface area contributed by atoms with E-state index in [0.717, 1.165) is 24.9 Å². The van der Waals surface area contributed by atoms with Gasteiger partial charge >= 0.3 is 5.97 Å². The third-order valence-corrected chi connectivity index (χ3v) is 4.32. The Morgan fingerprint density at radius 2 is 2.26 bits per heavy atom. The van der Waals surface area contributed by atoms with E-state index in [9.17, 15) is 4.79 Å². The Bertz CT molecular complexity index is 479. The highest BCUT2D eigenvalue weighted by Gasteiger charge is 2.31. The number of rotatable bonds is 4. The number of carbonyl (C=O) groups is 1. The summed E-state index contributed by atoms with van der Waals surface area (Å²) in [7, 11) is 0. The van der Waals surface area contributed by atoms with E-state index >= 15 is 0 Å². The Morgan fingerprint density at radius 1 is 1.53 bits per heavy atom. The summed E-state index contributed by atoms with van der Waals surface area (Å²) < 4.78 is 0. The Labute approximate surface area is 123 Å². The van der Waals surface area contributed by atoms with Crippen LogP contribution in [0.5, 0.6) is 0 Å². The first-order valence-electron chi connectivity index (χ1n) is 6.41. The van der Waals surface area contributed by atoms with E-state index in [4.69, 9.17) is 28.3 Å². The van der Waals surface area contributed by atoms with Crippen LogP contribution in [0.4, 0.5) is 0 Å². The summed E-state index contributed by atoms with van der Waals surface area (Å²) in [6, 6.07) is 5.59. The lowest BCUT2D eigenvalue weighted by Gasteiger charge is -2.30. The minimum atomic E-state index is -0.749. The van der Waals surface area contributed by atoms with Crippen molar-refractivity contribution in [3.8, 4) is 0 Å². The molecule has 1 fully saturated rings. The summed E-state index contributed by atoms with van der Waals surface area (Å²) >= 11 is 12.2. The molecule has 104 valence electrons. The van der Waals surface area contributed by atoms with Crippen molar-refractivity contribution in [3.63, 3.8) is 0 Å². The third kappa shape index (κ3) is 3.41. The molecule has 5 heteroatoms. The smallest absolute Gasteiger partial charge is 0.304 e. The van der Waals surface area contributed by atoms with Crippen LogP contribution in [-0.2, 0) is 4.79 Å². The average Bonchev–Trinajstić information content (AvgIpc) is 2.78. The normalized spacial score (nSPS) is 21.5. The summed E-state index contributed by atoms with van der Waals surface area (Å²) in [5.41, 5.74) is 0.964. The first-order chi connectivity index (χ1) is 8.99. The summed E-state index contributed by atoms with van der Waals surface area (Å²) in [6.07, 6.45) is 2.14. The molecule has 0 spiro atoms. The molecule has 0 aromatic heterocycles. The van der Waals surface area contributed by atoms with Gasteiger partial charge in [0.1, 0.15) is 0 Å². The van der Waals surface area contributed by atoms with E-state index in [0.29, 0.717) is 10.0 Å². The van der Waals surface area contributed by atoms with Gasteiger partial charge in [-0.05, 0) is 50.1 Å². The number of carboxylic acid groups (broad SMARTS) is 1. The van der Waals surface area contributed by atoms with E-state index in [1.54, 1.807) is 12.1 Å². The van der Waals surface area contributed by atoms with E-state index in [1.807, 2.05) is 6.07 Å². The van der Waals surface area contributed by atoms with E-state index in [-0.39, 0.29) is 18.5 Å². The maximum Gasteiger partial charge on any atom is 0.304 e. The summed E-state index contributed by atoms with van der Waals surface area (Å²) in [4.78, 5) is 13.1. The molecule has 2 unspecified atom stereocenters. The number of hydrogen-bond acceptors (Lipinski definition) is 2. The number of halogens is 2. The number of carboxylic acids is 1. The lowest BCUT2D eigenvalue weighted by Crippen LogP contribution is -2.33. The zero-order chi connectivity index (χ0) is 14.0. The molecular weight excluding hydrogens is 285 g/mol. The van der Waals surface area contributed by atoms with Crippen molar-refractivity contribution in [3.05, 3.63) is 33.8 Å². The molecule has 0 bridgehead atoms. The quantitative estimate of drug-likeness (QED) is 0.914. The number of nitrogens with zero attached hydrogens (tertiary/aromatic N) is 1. The first kappa shape index (κ1) is 14.6. The lowest BCUT2D eigenvalue weighted by atomic mass is 10.0. The molecule has 19 heavy (non-hydrogen) atoms. The van der Waals surface area contributed by atoms with Crippen LogP contribution in [-0.4, -0.2) is 28.6 Å². The van der Waals surface area contributed by atoms with Gasteiger partial charge < -0.3 is 5.11 Å². The molecule has 0 saturated carbocycles. The van der Waals surface area contributed by atoms with Crippen molar-refractivity contribution in [2.24, 2.45) is 0 Å². The minimum Gasteiger partial charge on any atom is -0.481 e. The van der Waals surface area contributed by atoms with Crippen LogP contribution in [0.25, 0.3) is 0 Å².